The number of nitrogens with one attached hydrogen (secondary N) is 2. The molecule has 0 aromatic heterocycles. The van der Waals surface area contributed by atoms with Gasteiger partial charge in [0, 0.05) is 33.5 Å². The molecule has 0 unspecified atom stereocenters. The quantitative estimate of drug-likeness (QED) is 0.400. The summed E-state index contributed by atoms with van der Waals surface area (Å²) in [7, 11) is -3.71. The molecule has 5 nitrogen and oxygen atoms in total. The van der Waals surface area contributed by atoms with Crippen LogP contribution in [-0.2, 0) is 14.8 Å². The summed E-state index contributed by atoms with van der Waals surface area (Å²) >= 11 is 7.43. The molecule has 3 aromatic carbocycles. The van der Waals surface area contributed by atoms with Gasteiger partial charge in [-0.05, 0) is 85.6 Å². The first-order valence-corrected chi connectivity index (χ1v) is 12.5. The van der Waals surface area contributed by atoms with Crippen molar-refractivity contribution in [3.63, 3.8) is 0 Å². The number of rotatable bonds is 8. The van der Waals surface area contributed by atoms with Gasteiger partial charge in [0.25, 0.3) is 10.0 Å². The number of aryl methyl sites for hydroxylation is 2. The molecule has 162 valence electrons. The Morgan fingerprint density at radius 3 is 2.19 bits per heavy atom. The Balaban J connectivity index is 1.54. The van der Waals surface area contributed by atoms with Gasteiger partial charge in [0.2, 0.25) is 5.91 Å². The number of carbonyl (C=O) groups is 1. The van der Waals surface area contributed by atoms with Crippen LogP contribution in [0.5, 0.6) is 0 Å². The lowest BCUT2D eigenvalue weighted by molar-refractivity contribution is -0.115. The van der Waals surface area contributed by atoms with Crippen LogP contribution in [0.4, 0.5) is 11.4 Å². The molecule has 3 aromatic rings. The van der Waals surface area contributed by atoms with Gasteiger partial charge < -0.3 is 5.32 Å². The zero-order valence-electron chi connectivity index (χ0n) is 17.2. The van der Waals surface area contributed by atoms with Crippen LogP contribution in [0.25, 0.3) is 0 Å². The van der Waals surface area contributed by atoms with Gasteiger partial charge in [-0.25, -0.2) is 8.42 Å². The average Bonchev–Trinajstić information content (AvgIpc) is 2.72. The maximum absolute atomic E-state index is 12.6. The van der Waals surface area contributed by atoms with E-state index in [-0.39, 0.29) is 10.8 Å². The highest BCUT2D eigenvalue weighted by Gasteiger charge is 2.15. The normalized spacial score (nSPS) is 11.2. The van der Waals surface area contributed by atoms with Gasteiger partial charge in [0.05, 0.1) is 4.90 Å². The largest absolute Gasteiger partial charge is 0.326 e. The van der Waals surface area contributed by atoms with Crippen molar-refractivity contribution in [2.45, 2.75) is 30.1 Å². The summed E-state index contributed by atoms with van der Waals surface area (Å²) in [5, 5.41) is 3.47. The Morgan fingerprint density at radius 2 is 1.55 bits per heavy atom. The van der Waals surface area contributed by atoms with E-state index >= 15 is 0 Å². The molecule has 0 radical (unpaired) electrons. The first-order chi connectivity index (χ1) is 14.7. The van der Waals surface area contributed by atoms with Gasteiger partial charge in [-0.2, -0.15) is 0 Å². The predicted octanol–water partition coefficient (Wildman–Crippen LogP) is 5.88. The highest BCUT2D eigenvalue weighted by atomic mass is 35.5. The number of thioether (sulfide) groups is 1. The Kier molecular flexibility index (Phi) is 7.64. The minimum atomic E-state index is -3.71. The zero-order valence-corrected chi connectivity index (χ0v) is 19.6. The molecule has 0 spiro atoms. The van der Waals surface area contributed by atoms with Crippen LogP contribution in [0.15, 0.2) is 76.5 Å². The lowest BCUT2D eigenvalue weighted by Crippen LogP contribution is -2.14. The minimum Gasteiger partial charge on any atom is -0.326 e. The van der Waals surface area contributed by atoms with Gasteiger partial charge in [-0.15, -0.1) is 11.8 Å². The van der Waals surface area contributed by atoms with Crippen LogP contribution < -0.4 is 10.0 Å². The first-order valence-electron chi connectivity index (χ1n) is 9.61. The van der Waals surface area contributed by atoms with E-state index in [1.165, 1.54) is 12.1 Å². The summed E-state index contributed by atoms with van der Waals surface area (Å²) in [5.41, 5.74) is 3.16. The van der Waals surface area contributed by atoms with Crippen molar-refractivity contribution in [2.24, 2.45) is 0 Å². The Hall–Kier alpha value is -2.48. The van der Waals surface area contributed by atoms with Gasteiger partial charge in [0.15, 0.2) is 0 Å². The third-order valence-corrected chi connectivity index (χ3v) is 7.28. The van der Waals surface area contributed by atoms with Crippen LogP contribution in [-0.4, -0.2) is 20.1 Å². The molecule has 0 saturated heterocycles. The van der Waals surface area contributed by atoms with Gasteiger partial charge >= 0.3 is 0 Å². The van der Waals surface area contributed by atoms with Crippen molar-refractivity contribution in [3.05, 3.63) is 82.9 Å². The smallest absolute Gasteiger partial charge is 0.261 e. The number of benzene rings is 3. The summed E-state index contributed by atoms with van der Waals surface area (Å²) in [6.45, 7) is 3.90. The number of amides is 1. The molecule has 0 atom stereocenters. The van der Waals surface area contributed by atoms with E-state index in [4.69, 9.17) is 11.6 Å². The molecule has 31 heavy (non-hydrogen) atoms. The fourth-order valence-electron chi connectivity index (χ4n) is 2.75. The highest BCUT2D eigenvalue weighted by Crippen LogP contribution is 2.22. The molecule has 0 aliphatic carbocycles. The van der Waals surface area contributed by atoms with Crippen molar-refractivity contribution < 1.29 is 13.2 Å². The number of carbonyl (C=O) groups excluding carboxylic acids is 1. The SMILES string of the molecule is Cc1ccc(NS(=O)(=O)c2ccc(NC(=O)CCSc3ccc(Cl)cc3)cc2)cc1C. The molecule has 2 N–H and O–H groups in total. The second-order valence-electron chi connectivity index (χ2n) is 7.03. The van der Waals surface area contributed by atoms with E-state index in [0.717, 1.165) is 16.0 Å². The average molecular weight is 475 g/mol. The minimum absolute atomic E-state index is 0.127. The monoisotopic (exact) mass is 474 g/mol. The Morgan fingerprint density at radius 1 is 0.903 bits per heavy atom. The van der Waals surface area contributed by atoms with E-state index in [9.17, 15) is 13.2 Å². The zero-order chi connectivity index (χ0) is 22.4. The molecule has 0 fully saturated rings. The third kappa shape index (κ3) is 6.75. The Bertz CT molecular complexity index is 1160. The molecule has 1 amide bonds. The first kappa shape index (κ1) is 23.2. The molecule has 0 heterocycles. The topological polar surface area (TPSA) is 75.3 Å². The summed E-state index contributed by atoms with van der Waals surface area (Å²) in [6, 6.07) is 19.0. The second-order valence-corrected chi connectivity index (χ2v) is 10.3. The molecule has 3 rings (SSSR count). The van der Waals surface area contributed by atoms with Crippen molar-refractivity contribution >= 4 is 50.7 Å². The lowest BCUT2D eigenvalue weighted by atomic mass is 10.1. The lowest BCUT2D eigenvalue weighted by Gasteiger charge is -2.11. The van der Waals surface area contributed by atoms with Crippen molar-refractivity contribution in [1.29, 1.82) is 0 Å². The van der Waals surface area contributed by atoms with Crippen LogP contribution >= 0.6 is 23.4 Å². The van der Waals surface area contributed by atoms with E-state index < -0.39 is 10.0 Å². The molecule has 0 saturated carbocycles. The number of hydrogen-bond donors (Lipinski definition) is 2. The maximum atomic E-state index is 12.6. The van der Waals surface area contributed by atoms with Crippen LogP contribution in [0.2, 0.25) is 5.02 Å². The number of sulfonamides is 1. The van der Waals surface area contributed by atoms with Crippen molar-refractivity contribution in [3.8, 4) is 0 Å². The van der Waals surface area contributed by atoms with E-state index in [2.05, 4.69) is 10.0 Å². The van der Waals surface area contributed by atoms with Crippen molar-refractivity contribution in [2.75, 3.05) is 15.8 Å². The van der Waals surface area contributed by atoms with Gasteiger partial charge in [0.1, 0.15) is 0 Å². The second kappa shape index (κ2) is 10.2. The van der Waals surface area contributed by atoms with Crippen LogP contribution in [0.3, 0.4) is 0 Å². The molecule has 8 heteroatoms. The molecule has 0 bridgehead atoms. The van der Waals surface area contributed by atoms with Crippen molar-refractivity contribution in [1.82, 2.24) is 0 Å². The molecular weight excluding hydrogens is 452 g/mol. The van der Waals surface area contributed by atoms with E-state index in [1.54, 1.807) is 36.0 Å². The predicted molar refractivity (Wildman–Crippen MR) is 129 cm³/mol. The third-order valence-electron chi connectivity index (χ3n) is 4.62. The summed E-state index contributed by atoms with van der Waals surface area (Å²) in [4.78, 5) is 13.3. The van der Waals surface area contributed by atoms with E-state index in [1.807, 2.05) is 44.2 Å². The summed E-state index contributed by atoms with van der Waals surface area (Å²) in [5.74, 6) is 0.491. The Labute approximate surface area is 192 Å². The van der Waals surface area contributed by atoms with Gasteiger partial charge in [-0.3, -0.25) is 9.52 Å². The fourth-order valence-corrected chi connectivity index (χ4v) is 4.78. The number of hydrogen-bond acceptors (Lipinski definition) is 4. The molecule has 0 aliphatic rings. The number of halogens is 1. The van der Waals surface area contributed by atoms with E-state index in [0.29, 0.717) is 28.6 Å². The summed E-state index contributed by atoms with van der Waals surface area (Å²) < 4.78 is 27.8. The van der Waals surface area contributed by atoms with Gasteiger partial charge in [-0.1, -0.05) is 17.7 Å². The maximum Gasteiger partial charge on any atom is 0.261 e. The van der Waals surface area contributed by atoms with Crippen LogP contribution in [0, 0.1) is 13.8 Å². The standard InChI is InChI=1S/C23H23ClN2O3S2/c1-16-3-6-20(15-17(16)2)26-31(28,29)22-11-7-19(8-12-22)25-23(27)13-14-30-21-9-4-18(24)5-10-21/h3-12,15,26H,13-14H2,1-2H3,(H,25,27). The number of anilines is 2. The van der Waals surface area contributed by atoms with Crippen LogP contribution in [0.1, 0.15) is 17.5 Å². The summed E-state index contributed by atoms with van der Waals surface area (Å²) in [6.07, 6.45) is 0.335. The highest BCUT2D eigenvalue weighted by molar-refractivity contribution is 7.99. The molecule has 0 aliphatic heterocycles. The molecular formula is C23H23ClN2O3S2. The fraction of sp³-hybridized carbons (Fsp3) is 0.174.